The summed E-state index contributed by atoms with van der Waals surface area (Å²) in [5, 5.41) is 0. The second-order valence-electron chi connectivity index (χ2n) is 3.55. The molecule has 68 valence electrons. The van der Waals surface area contributed by atoms with Gasteiger partial charge in [0.15, 0.2) is 0 Å². The molecule has 12 heavy (non-hydrogen) atoms. The third-order valence-corrected chi connectivity index (χ3v) is 1.05. The number of carbonyl (C=O) groups excluding carboxylic acids is 1. The van der Waals surface area contributed by atoms with Crippen LogP contribution in [0.25, 0.3) is 0 Å². The first-order valence-corrected chi connectivity index (χ1v) is 3.78. The number of rotatable bonds is 2. The van der Waals surface area contributed by atoms with Crippen LogP contribution < -0.4 is 5.73 Å². The van der Waals surface area contributed by atoms with Crippen LogP contribution in [-0.4, -0.2) is 17.6 Å². The van der Waals surface area contributed by atoms with Crippen LogP contribution in [0.2, 0.25) is 0 Å². The fourth-order valence-electron chi connectivity index (χ4n) is 0.588. The molecule has 3 heteroatoms. The van der Waals surface area contributed by atoms with Crippen molar-refractivity contribution in [1.29, 1.82) is 0 Å². The van der Waals surface area contributed by atoms with Crippen LogP contribution in [-0.2, 0) is 9.53 Å². The maximum Gasteiger partial charge on any atom is 0.324 e. The number of hydrogen-bond acceptors (Lipinski definition) is 3. The molecule has 0 heterocycles. The Balaban J connectivity index is 3.98. The van der Waals surface area contributed by atoms with Crippen LogP contribution in [0.1, 0.15) is 27.2 Å². The van der Waals surface area contributed by atoms with Gasteiger partial charge in [-0.05, 0) is 20.8 Å². The van der Waals surface area contributed by atoms with Gasteiger partial charge < -0.3 is 10.5 Å². The quantitative estimate of drug-likeness (QED) is 0.488. The molecule has 0 bridgehead atoms. The summed E-state index contributed by atoms with van der Waals surface area (Å²) < 4.78 is 4.99. The third kappa shape index (κ3) is 4.75. The zero-order valence-corrected chi connectivity index (χ0v) is 7.76. The van der Waals surface area contributed by atoms with E-state index < -0.39 is 17.6 Å². The number of esters is 1. The minimum Gasteiger partial charge on any atom is -0.459 e. The van der Waals surface area contributed by atoms with E-state index in [1.165, 1.54) is 0 Å². The molecule has 0 saturated carbocycles. The number of terminal acetylenes is 1. The van der Waals surface area contributed by atoms with E-state index in [2.05, 4.69) is 5.92 Å². The van der Waals surface area contributed by atoms with Gasteiger partial charge in [0, 0.05) is 6.42 Å². The molecular weight excluding hydrogens is 154 g/mol. The van der Waals surface area contributed by atoms with E-state index in [0.29, 0.717) is 0 Å². The molecule has 0 aromatic carbocycles. The van der Waals surface area contributed by atoms with Gasteiger partial charge in [-0.15, -0.1) is 12.3 Å². The number of hydrogen-bond donors (Lipinski definition) is 1. The van der Waals surface area contributed by atoms with Gasteiger partial charge in [-0.1, -0.05) is 0 Å². The summed E-state index contributed by atoms with van der Waals surface area (Å²) in [6.45, 7) is 5.36. The van der Waals surface area contributed by atoms with Gasteiger partial charge in [0.05, 0.1) is 0 Å². The molecule has 0 aliphatic heterocycles. The van der Waals surface area contributed by atoms with Gasteiger partial charge in [-0.3, -0.25) is 4.79 Å². The highest BCUT2D eigenvalue weighted by molar-refractivity contribution is 5.76. The Morgan fingerprint density at radius 2 is 2.17 bits per heavy atom. The lowest BCUT2D eigenvalue weighted by Crippen LogP contribution is -2.37. The monoisotopic (exact) mass is 169 g/mol. The predicted octanol–water partition coefficient (Wildman–Crippen LogP) is 0.679. The molecule has 0 aliphatic rings. The molecule has 2 N–H and O–H groups in total. The highest BCUT2D eigenvalue weighted by Crippen LogP contribution is 2.08. The SMILES string of the molecule is C#CC[C@@H](N)C(=O)OC(C)(C)C. The van der Waals surface area contributed by atoms with Gasteiger partial charge in [-0.25, -0.2) is 0 Å². The molecule has 0 unspecified atom stereocenters. The van der Waals surface area contributed by atoms with E-state index in [1.54, 1.807) is 20.8 Å². The highest BCUT2D eigenvalue weighted by Gasteiger charge is 2.20. The van der Waals surface area contributed by atoms with Crippen molar-refractivity contribution in [3.8, 4) is 12.3 Å². The average Bonchev–Trinajstić information content (AvgIpc) is 1.84. The predicted molar refractivity (Wildman–Crippen MR) is 47.3 cm³/mol. The van der Waals surface area contributed by atoms with Crippen molar-refractivity contribution in [2.75, 3.05) is 0 Å². The number of nitrogens with two attached hydrogens (primary N) is 1. The zero-order valence-electron chi connectivity index (χ0n) is 7.76. The molecule has 0 aliphatic carbocycles. The fourth-order valence-corrected chi connectivity index (χ4v) is 0.588. The van der Waals surface area contributed by atoms with Crippen molar-refractivity contribution in [2.45, 2.75) is 38.8 Å². The largest absolute Gasteiger partial charge is 0.459 e. The molecule has 0 saturated heterocycles. The Hall–Kier alpha value is -1.01. The maximum atomic E-state index is 11.1. The lowest BCUT2D eigenvalue weighted by atomic mass is 10.2. The maximum absolute atomic E-state index is 11.1. The normalized spacial score (nSPS) is 13.2. The van der Waals surface area contributed by atoms with Crippen LogP contribution in [0.4, 0.5) is 0 Å². The van der Waals surface area contributed by atoms with Gasteiger partial charge in [0.2, 0.25) is 0 Å². The van der Waals surface area contributed by atoms with Gasteiger partial charge in [-0.2, -0.15) is 0 Å². The molecule has 0 fully saturated rings. The van der Waals surface area contributed by atoms with Crippen molar-refractivity contribution in [2.24, 2.45) is 5.73 Å². The Bertz CT molecular complexity index is 198. The van der Waals surface area contributed by atoms with E-state index >= 15 is 0 Å². The first-order chi connectivity index (χ1) is 5.37. The first kappa shape index (κ1) is 11.0. The zero-order chi connectivity index (χ0) is 9.78. The summed E-state index contributed by atoms with van der Waals surface area (Å²) in [5.41, 5.74) is 4.92. The Labute approximate surface area is 73.3 Å². The Kier molecular flexibility index (Phi) is 3.78. The topological polar surface area (TPSA) is 52.3 Å². The van der Waals surface area contributed by atoms with Gasteiger partial charge >= 0.3 is 5.97 Å². The van der Waals surface area contributed by atoms with Crippen molar-refractivity contribution in [3.05, 3.63) is 0 Å². The molecule has 0 spiro atoms. The Morgan fingerprint density at radius 1 is 1.67 bits per heavy atom. The fraction of sp³-hybridized carbons (Fsp3) is 0.667. The molecule has 0 rings (SSSR count). The molecule has 0 radical (unpaired) electrons. The van der Waals surface area contributed by atoms with E-state index in [4.69, 9.17) is 16.9 Å². The summed E-state index contributed by atoms with van der Waals surface area (Å²) in [7, 11) is 0. The van der Waals surface area contributed by atoms with Crippen LogP contribution in [0.15, 0.2) is 0 Å². The third-order valence-electron chi connectivity index (χ3n) is 1.05. The summed E-state index contributed by atoms with van der Waals surface area (Å²) >= 11 is 0. The number of ether oxygens (including phenoxy) is 1. The van der Waals surface area contributed by atoms with Crippen LogP contribution in [0.5, 0.6) is 0 Å². The molecule has 1 atom stereocenters. The van der Waals surface area contributed by atoms with Crippen molar-refractivity contribution in [3.63, 3.8) is 0 Å². The highest BCUT2D eigenvalue weighted by atomic mass is 16.6. The molecule has 3 nitrogen and oxygen atoms in total. The lowest BCUT2D eigenvalue weighted by Gasteiger charge is -2.21. The molecule has 0 aromatic rings. The van der Waals surface area contributed by atoms with Gasteiger partial charge in [0.1, 0.15) is 11.6 Å². The van der Waals surface area contributed by atoms with Crippen LogP contribution in [0, 0.1) is 12.3 Å². The Morgan fingerprint density at radius 3 is 2.50 bits per heavy atom. The standard InChI is InChI=1S/C9H15NO2/c1-5-6-7(10)8(11)12-9(2,3)4/h1,7H,6,10H2,2-4H3/t7-/m1/s1. The van der Waals surface area contributed by atoms with E-state index in [0.717, 1.165) is 0 Å². The van der Waals surface area contributed by atoms with Crippen molar-refractivity contribution in [1.82, 2.24) is 0 Å². The second kappa shape index (κ2) is 4.13. The second-order valence-corrected chi connectivity index (χ2v) is 3.55. The molecule has 0 aromatic heterocycles. The summed E-state index contributed by atoms with van der Waals surface area (Å²) in [6, 6.07) is -0.700. The smallest absolute Gasteiger partial charge is 0.324 e. The first-order valence-electron chi connectivity index (χ1n) is 3.78. The average molecular weight is 169 g/mol. The number of carbonyl (C=O) groups is 1. The van der Waals surface area contributed by atoms with Gasteiger partial charge in [0.25, 0.3) is 0 Å². The minimum atomic E-state index is -0.700. The minimum absolute atomic E-state index is 0.217. The summed E-state index contributed by atoms with van der Waals surface area (Å²) in [5.74, 6) is 1.86. The van der Waals surface area contributed by atoms with Crippen molar-refractivity contribution >= 4 is 5.97 Å². The van der Waals surface area contributed by atoms with E-state index in [1.807, 2.05) is 0 Å². The molecule has 0 amide bonds. The van der Waals surface area contributed by atoms with Crippen LogP contribution >= 0.6 is 0 Å². The van der Waals surface area contributed by atoms with Crippen molar-refractivity contribution < 1.29 is 9.53 Å². The summed E-state index contributed by atoms with van der Waals surface area (Å²) in [4.78, 5) is 11.1. The molecular formula is C9H15NO2. The van der Waals surface area contributed by atoms with Crippen LogP contribution in [0.3, 0.4) is 0 Å². The lowest BCUT2D eigenvalue weighted by molar-refractivity contribution is -0.156. The summed E-state index contributed by atoms with van der Waals surface area (Å²) in [6.07, 6.45) is 5.21. The van der Waals surface area contributed by atoms with E-state index in [9.17, 15) is 4.79 Å². The van der Waals surface area contributed by atoms with E-state index in [-0.39, 0.29) is 6.42 Å².